The first kappa shape index (κ1) is 15.0. The second kappa shape index (κ2) is 6.48. The summed E-state index contributed by atoms with van der Waals surface area (Å²) in [5, 5.41) is 16.9. The zero-order valence-corrected chi connectivity index (χ0v) is 12.9. The molecule has 0 spiro atoms. The van der Waals surface area contributed by atoms with E-state index in [0.29, 0.717) is 55.6 Å². The minimum atomic E-state index is -0.0541. The van der Waals surface area contributed by atoms with Crippen LogP contribution in [0.4, 0.5) is 6.01 Å². The molecule has 0 N–H and O–H groups in total. The van der Waals surface area contributed by atoms with E-state index in [2.05, 4.69) is 16.3 Å². The Balaban J connectivity index is 1.64. The Morgan fingerprint density at radius 2 is 2.09 bits per heavy atom. The number of hydrogen-bond acceptors (Lipinski definition) is 6. The molecule has 3 rings (SSSR count). The SMILES string of the molecule is CCc1nnc(N2CCN(C(=O)c3cccc(C#N)c3)CC2)o1. The molecule has 1 saturated heterocycles. The normalized spacial score (nSPS) is 14.6. The lowest BCUT2D eigenvalue weighted by Gasteiger charge is -2.33. The summed E-state index contributed by atoms with van der Waals surface area (Å²) in [6.07, 6.45) is 0.709. The lowest BCUT2D eigenvalue weighted by molar-refractivity contribution is 0.0745. The fourth-order valence-electron chi connectivity index (χ4n) is 2.52. The molecule has 0 radical (unpaired) electrons. The second-order valence-corrected chi connectivity index (χ2v) is 5.30. The highest BCUT2D eigenvalue weighted by Crippen LogP contribution is 2.16. The highest BCUT2D eigenvalue weighted by molar-refractivity contribution is 5.94. The first-order valence-corrected chi connectivity index (χ1v) is 7.58. The maximum Gasteiger partial charge on any atom is 0.318 e. The molecule has 0 aliphatic carbocycles. The Hall–Kier alpha value is -2.88. The molecule has 0 unspecified atom stereocenters. The van der Waals surface area contributed by atoms with Gasteiger partial charge in [-0.3, -0.25) is 4.79 Å². The standard InChI is InChI=1S/C16H17N5O2/c1-2-14-18-19-16(23-14)21-8-6-20(7-9-21)15(22)13-5-3-4-12(10-13)11-17/h3-5,10H,2,6-9H2,1H3. The molecule has 7 nitrogen and oxygen atoms in total. The van der Waals surface area contributed by atoms with E-state index >= 15 is 0 Å². The van der Waals surface area contributed by atoms with Crippen LogP contribution in [0.2, 0.25) is 0 Å². The molecule has 1 aliphatic heterocycles. The average molecular weight is 311 g/mol. The predicted molar refractivity (Wildman–Crippen MR) is 82.9 cm³/mol. The predicted octanol–water partition coefficient (Wildman–Crippen LogP) is 1.47. The number of nitrogens with zero attached hydrogens (tertiary/aromatic N) is 5. The molecular weight excluding hydrogens is 294 g/mol. The third kappa shape index (κ3) is 3.16. The zero-order chi connectivity index (χ0) is 16.2. The Morgan fingerprint density at radius 1 is 1.30 bits per heavy atom. The van der Waals surface area contributed by atoms with E-state index in [0.717, 1.165) is 0 Å². The van der Waals surface area contributed by atoms with E-state index in [1.807, 2.05) is 11.8 Å². The Morgan fingerprint density at radius 3 is 2.74 bits per heavy atom. The number of amides is 1. The Bertz CT molecular complexity index is 741. The van der Waals surface area contributed by atoms with Gasteiger partial charge in [0.1, 0.15) is 0 Å². The van der Waals surface area contributed by atoms with Crippen molar-refractivity contribution >= 4 is 11.9 Å². The number of benzene rings is 1. The smallest absolute Gasteiger partial charge is 0.318 e. The molecule has 0 saturated carbocycles. The number of carbonyl (C=O) groups excluding carboxylic acids is 1. The van der Waals surface area contributed by atoms with Crippen LogP contribution in [0, 0.1) is 11.3 Å². The number of aromatic nitrogens is 2. The van der Waals surface area contributed by atoms with Crippen LogP contribution in [-0.4, -0.2) is 47.2 Å². The maximum absolute atomic E-state index is 12.5. The van der Waals surface area contributed by atoms with E-state index in [4.69, 9.17) is 9.68 Å². The lowest BCUT2D eigenvalue weighted by Crippen LogP contribution is -2.49. The van der Waals surface area contributed by atoms with Crippen molar-refractivity contribution in [3.8, 4) is 6.07 Å². The molecule has 0 atom stereocenters. The van der Waals surface area contributed by atoms with Crippen LogP contribution in [0.15, 0.2) is 28.7 Å². The quantitative estimate of drug-likeness (QED) is 0.853. The summed E-state index contributed by atoms with van der Waals surface area (Å²) in [6, 6.07) is 9.35. The molecule has 2 aromatic rings. The van der Waals surface area contributed by atoms with Gasteiger partial charge in [0, 0.05) is 38.2 Å². The van der Waals surface area contributed by atoms with Gasteiger partial charge in [0.2, 0.25) is 5.89 Å². The summed E-state index contributed by atoms with van der Waals surface area (Å²) in [6.45, 7) is 4.42. The van der Waals surface area contributed by atoms with Gasteiger partial charge in [0.25, 0.3) is 5.91 Å². The van der Waals surface area contributed by atoms with Gasteiger partial charge >= 0.3 is 6.01 Å². The molecule has 1 aliphatic rings. The minimum Gasteiger partial charge on any atom is -0.408 e. The van der Waals surface area contributed by atoms with Crippen LogP contribution in [0.25, 0.3) is 0 Å². The Labute approximate surface area is 134 Å². The molecule has 118 valence electrons. The highest BCUT2D eigenvalue weighted by atomic mass is 16.4. The number of piperazine rings is 1. The van der Waals surface area contributed by atoms with Crippen molar-refractivity contribution in [1.29, 1.82) is 5.26 Å². The average Bonchev–Trinajstić information content (AvgIpc) is 3.10. The van der Waals surface area contributed by atoms with Gasteiger partial charge in [0.15, 0.2) is 0 Å². The summed E-state index contributed by atoms with van der Waals surface area (Å²) in [4.78, 5) is 16.3. The molecule has 2 heterocycles. The number of anilines is 1. The van der Waals surface area contributed by atoms with Crippen molar-refractivity contribution in [3.63, 3.8) is 0 Å². The van der Waals surface area contributed by atoms with Crippen molar-refractivity contribution in [2.45, 2.75) is 13.3 Å². The number of hydrogen-bond donors (Lipinski definition) is 0. The monoisotopic (exact) mass is 311 g/mol. The van der Waals surface area contributed by atoms with E-state index in [1.165, 1.54) is 0 Å². The molecule has 7 heteroatoms. The lowest BCUT2D eigenvalue weighted by atomic mass is 10.1. The largest absolute Gasteiger partial charge is 0.408 e. The molecule has 1 aromatic carbocycles. The topological polar surface area (TPSA) is 86.3 Å². The number of carbonyl (C=O) groups is 1. The van der Waals surface area contributed by atoms with Crippen molar-refractivity contribution in [3.05, 3.63) is 41.3 Å². The van der Waals surface area contributed by atoms with Crippen LogP contribution in [0.5, 0.6) is 0 Å². The van der Waals surface area contributed by atoms with E-state index in [-0.39, 0.29) is 5.91 Å². The van der Waals surface area contributed by atoms with E-state index in [9.17, 15) is 4.79 Å². The minimum absolute atomic E-state index is 0.0541. The maximum atomic E-state index is 12.5. The third-order valence-corrected chi connectivity index (χ3v) is 3.83. The summed E-state index contributed by atoms with van der Waals surface area (Å²) in [5.74, 6) is 0.563. The van der Waals surface area contributed by atoms with Crippen LogP contribution < -0.4 is 4.90 Å². The van der Waals surface area contributed by atoms with Crippen molar-refractivity contribution in [2.75, 3.05) is 31.1 Å². The van der Waals surface area contributed by atoms with Gasteiger partial charge in [-0.25, -0.2) is 0 Å². The van der Waals surface area contributed by atoms with Gasteiger partial charge in [-0.1, -0.05) is 18.1 Å². The van der Waals surface area contributed by atoms with Crippen LogP contribution >= 0.6 is 0 Å². The molecule has 1 fully saturated rings. The highest BCUT2D eigenvalue weighted by Gasteiger charge is 2.24. The van der Waals surface area contributed by atoms with Crippen molar-refractivity contribution in [2.24, 2.45) is 0 Å². The fourth-order valence-corrected chi connectivity index (χ4v) is 2.52. The molecule has 1 aromatic heterocycles. The van der Waals surface area contributed by atoms with Crippen LogP contribution in [0.3, 0.4) is 0 Å². The zero-order valence-electron chi connectivity index (χ0n) is 12.9. The van der Waals surface area contributed by atoms with Gasteiger partial charge in [-0.15, -0.1) is 5.10 Å². The van der Waals surface area contributed by atoms with E-state index in [1.54, 1.807) is 29.2 Å². The summed E-state index contributed by atoms with van der Waals surface area (Å²) in [5.41, 5.74) is 1.04. The molecular formula is C16H17N5O2. The van der Waals surface area contributed by atoms with Crippen molar-refractivity contribution < 1.29 is 9.21 Å². The number of aryl methyl sites for hydroxylation is 1. The number of rotatable bonds is 3. The van der Waals surface area contributed by atoms with E-state index < -0.39 is 0 Å². The van der Waals surface area contributed by atoms with Crippen LogP contribution in [-0.2, 0) is 6.42 Å². The molecule has 0 bridgehead atoms. The molecule has 23 heavy (non-hydrogen) atoms. The fraction of sp³-hybridized carbons (Fsp3) is 0.375. The van der Waals surface area contributed by atoms with Gasteiger partial charge < -0.3 is 14.2 Å². The van der Waals surface area contributed by atoms with Gasteiger partial charge in [-0.05, 0) is 18.2 Å². The first-order chi connectivity index (χ1) is 11.2. The third-order valence-electron chi connectivity index (χ3n) is 3.83. The van der Waals surface area contributed by atoms with Crippen molar-refractivity contribution in [1.82, 2.24) is 15.1 Å². The summed E-state index contributed by atoms with van der Waals surface area (Å²) in [7, 11) is 0. The van der Waals surface area contributed by atoms with Gasteiger partial charge in [-0.2, -0.15) is 5.26 Å². The van der Waals surface area contributed by atoms with Crippen LogP contribution in [0.1, 0.15) is 28.7 Å². The number of nitriles is 1. The van der Waals surface area contributed by atoms with Gasteiger partial charge in [0.05, 0.1) is 11.6 Å². The molecule has 1 amide bonds. The second-order valence-electron chi connectivity index (χ2n) is 5.30. The summed E-state index contributed by atoms with van der Waals surface area (Å²) >= 11 is 0. The summed E-state index contributed by atoms with van der Waals surface area (Å²) < 4.78 is 5.55. The Kier molecular flexibility index (Phi) is 4.24. The first-order valence-electron chi connectivity index (χ1n) is 7.58.